The fraction of sp³-hybridized carbons (Fsp3) is 0.217. The molecule has 2 aromatic carbocycles. The van der Waals surface area contributed by atoms with Crippen LogP contribution in [0.4, 0.5) is 10.8 Å². The number of furan rings is 1. The maximum Gasteiger partial charge on any atom is 0.297 e. The summed E-state index contributed by atoms with van der Waals surface area (Å²) in [5.41, 5.74) is 3.96. The Morgan fingerprint density at radius 1 is 1.19 bits per heavy atom. The van der Waals surface area contributed by atoms with E-state index in [2.05, 4.69) is 10.3 Å². The van der Waals surface area contributed by atoms with Crippen molar-refractivity contribution in [3.63, 3.8) is 0 Å². The minimum Gasteiger partial charge on any atom is -0.443 e. The number of benzene rings is 2. The molecule has 164 valence electrons. The van der Waals surface area contributed by atoms with Crippen LogP contribution in [0.15, 0.2) is 58.0 Å². The Hall–Kier alpha value is -3.17. The van der Waals surface area contributed by atoms with E-state index in [1.807, 2.05) is 43.3 Å². The first-order valence-electron chi connectivity index (χ1n) is 10.2. The molecular weight excluding hydrogens is 446 g/mol. The molecule has 0 fully saturated rings. The Morgan fingerprint density at radius 2 is 2.00 bits per heavy atom. The van der Waals surface area contributed by atoms with Gasteiger partial charge in [0.15, 0.2) is 5.13 Å². The SMILES string of the molecule is CC(=O)Nc1nc(C)c(-c2ccc3c(c2)CCCN3S(=O)(=O)c2cc3ccccc3o2)s1. The summed E-state index contributed by atoms with van der Waals surface area (Å²) in [6, 6.07) is 14.6. The van der Waals surface area contributed by atoms with Gasteiger partial charge in [-0.05, 0) is 49.1 Å². The van der Waals surface area contributed by atoms with E-state index in [-0.39, 0.29) is 11.0 Å². The molecule has 0 saturated carbocycles. The first kappa shape index (κ1) is 20.7. The molecule has 0 radical (unpaired) electrons. The third kappa shape index (κ3) is 3.57. The number of thiazole rings is 1. The van der Waals surface area contributed by atoms with Crippen molar-refractivity contribution in [3.8, 4) is 10.4 Å². The second kappa shape index (κ2) is 7.75. The molecule has 2 aromatic heterocycles. The fourth-order valence-electron chi connectivity index (χ4n) is 4.02. The molecule has 0 bridgehead atoms. The highest BCUT2D eigenvalue weighted by Crippen LogP contribution is 2.39. The van der Waals surface area contributed by atoms with E-state index < -0.39 is 10.0 Å². The van der Waals surface area contributed by atoms with Crippen LogP contribution in [0.3, 0.4) is 0 Å². The summed E-state index contributed by atoms with van der Waals surface area (Å²) in [6.45, 7) is 3.75. The highest BCUT2D eigenvalue weighted by Gasteiger charge is 2.32. The van der Waals surface area contributed by atoms with Gasteiger partial charge in [-0.15, -0.1) is 0 Å². The van der Waals surface area contributed by atoms with Crippen LogP contribution in [0.5, 0.6) is 0 Å². The second-order valence-corrected chi connectivity index (χ2v) is 10.5. The Balaban J connectivity index is 1.52. The van der Waals surface area contributed by atoms with E-state index >= 15 is 0 Å². The largest absolute Gasteiger partial charge is 0.443 e. The number of sulfonamides is 1. The smallest absolute Gasteiger partial charge is 0.297 e. The van der Waals surface area contributed by atoms with E-state index in [0.717, 1.165) is 33.5 Å². The van der Waals surface area contributed by atoms with E-state index in [1.54, 1.807) is 12.1 Å². The molecule has 0 spiro atoms. The predicted octanol–water partition coefficient (Wildman–Crippen LogP) is 4.96. The molecule has 1 amide bonds. The van der Waals surface area contributed by atoms with Crippen molar-refractivity contribution < 1.29 is 17.6 Å². The molecule has 7 nitrogen and oxygen atoms in total. The van der Waals surface area contributed by atoms with Crippen LogP contribution in [-0.2, 0) is 21.2 Å². The van der Waals surface area contributed by atoms with Crippen molar-refractivity contribution >= 4 is 49.1 Å². The van der Waals surface area contributed by atoms with Crippen molar-refractivity contribution in [2.75, 3.05) is 16.2 Å². The normalized spacial score (nSPS) is 13.9. The van der Waals surface area contributed by atoms with Crippen LogP contribution >= 0.6 is 11.3 Å². The molecule has 5 rings (SSSR count). The lowest BCUT2D eigenvalue weighted by Gasteiger charge is -2.30. The predicted molar refractivity (Wildman–Crippen MR) is 126 cm³/mol. The number of hydrogen-bond acceptors (Lipinski definition) is 6. The number of para-hydroxylation sites is 1. The van der Waals surface area contributed by atoms with E-state index in [4.69, 9.17) is 4.42 Å². The average molecular weight is 468 g/mol. The zero-order chi connectivity index (χ0) is 22.5. The fourth-order valence-corrected chi connectivity index (χ4v) is 6.52. The van der Waals surface area contributed by atoms with Crippen molar-refractivity contribution in [3.05, 3.63) is 59.8 Å². The molecule has 1 aliphatic heterocycles. The number of rotatable bonds is 4. The Morgan fingerprint density at radius 3 is 2.78 bits per heavy atom. The van der Waals surface area contributed by atoms with Gasteiger partial charge in [0.25, 0.3) is 10.0 Å². The zero-order valence-corrected chi connectivity index (χ0v) is 19.2. The third-order valence-electron chi connectivity index (χ3n) is 5.44. The number of aryl methyl sites for hydroxylation is 2. The van der Waals surface area contributed by atoms with E-state index in [1.165, 1.54) is 22.6 Å². The molecule has 0 unspecified atom stereocenters. The summed E-state index contributed by atoms with van der Waals surface area (Å²) in [5, 5.41) is 3.99. The van der Waals surface area contributed by atoms with Crippen molar-refractivity contribution in [1.82, 2.24) is 4.98 Å². The topological polar surface area (TPSA) is 92.5 Å². The van der Waals surface area contributed by atoms with Crippen LogP contribution in [0.1, 0.15) is 24.6 Å². The summed E-state index contributed by atoms with van der Waals surface area (Å²) >= 11 is 1.41. The molecule has 0 saturated heterocycles. The van der Waals surface area contributed by atoms with Gasteiger partial charge in [-0.2, -0.15) is 8.42 Å². The molecule has 0 atom stereocenters. The van der Waals surface area contributed by atoms with Gasteiger partial charge in [0, 0.05) is 24.9 Å². The number of hydrogen-bond donors (Lipinski definition) is 1. The summed E-state index contributed by atoms with van der Waals surface area (Å²) in [7, 11) is -3.82. The van der Waals surface area contributed by atoms with Crippen LogP contribution in [0.2, 0.25) is 0 Å². The van der Waals surface area contributed by atoms with Gasteiger partial charge in [-0.3, -0.25) is 9.10 Å². The molecule has 32 heavy (non-hydrogen) atoms. The van der Waals surface area contributed by atoms with Crippen LogP contribution < -0.4 is 9.62 Å². The monoisotopic (exact) mass is 467 g/mol. The minimum atomic E-state index is -3.82. The zero-order valence-electron chi connectivity index (χ0n) is 17.6. The number of fused-ring (bicyclic) bond motifs is 2. The van der Waals surface area contributed by atoms with Crippen LogP contribution in [-0.4, -0.2) is 25.9 Å². The average Bonchev–Trinajstić information content (AvgIpc) is 3.36. The first-order valence-corrected chi connectivity index (χ1v) is 12.5. The van der Waals surface area contributed by atoms with Crippen molar-refractivity contribution in [2.45, 2.75) is 31.8 Å². The standard InChI is InChI=1S/C23H21N3O4S2/c1-14-22(31-23(24-14)25-15(2)27)18-9-10-19-16(12-18)7-5-11-26(19)32(28,29)21-13-17-6-3-4-8-20(17)30-21/h3-4,6,8-10,12-13H,5,7,11H2,1-2H3,(H,24,25,27). The summed E-state index contributed by atoms with van der Waals surface area (Å²) in [4.78, 5) is 16.7. The summed E-state index contributed by atoms with van der Waals surface area (Å²) < 4.78 is 34.0. The van der Waals surface area contributed by atoms with Gasteiger partial charge in [0.2, 0.25) is 11.0 Å². The number of carbonyl (C=O) groups is 1. The lowest BCUT2D eigenvalue weighted by atomic mass is 10.00. The molecular formula is C23H21N3O4S2. The molecule has 4 aromatic rings. The van der Waals surface area contributed by atoms with E-state index in [0.29, 0.717) is 29.4 Å². The van der Waals surface area contributed by atoms with Gasteiger partial charge in [0.1, 0.15) is 5.58 Å². The number of amides is 1. The number of anilines is 2. The van der Waals surface area contributed by atoms with Gasteiger partial charge in [-0.25, -0.2) is 4.98 Å². The molecule has 0 aliphatic carbocycles. The molecule has 3 heterocycles. The maximum atomic E-state index is 13.4. The molecule has 1 aliphatic rings. The van der Waals surface area contributed by atoms with Gasteiger partial charge in [-0.1, -0.05) is 35.6 Å². The number of nitrogens with zero attached hydrogens (tertiary/aromatic N) is 2. The summed E-state index contributed by atoms with van der Waals surface area (Å²) in [6.07, 6.45) is 1.50. The quantitative estimate of drug-likeness (QED) is 0.458. The summed E-state index contributed by atoms with van der Waals surface area (Å²) in [5.74, 6) is -0.165. The van der Waals surface area contributed by atoms with Gasteiger partial charge < -0.3 is 9.73 Å². The number of nitrogens with one attached hydrogen (secondary N) is 1. The lowest BCUT2D eigenvalue weighted by molar-refractivity contribution is -0.114. The van der Waals surface area contributed by atoms with E-state index in [9.17, 15) is 13.2 Å². The van der Waals surface area contributed by atoms with Gasteiger partial charge in [0.05, 0.1) is 16.3 Å². The van der Waals surface area contributed by atoms with Crippen LogP contribution in [0.25, 0.3) is 21.4 Å². The Kier molecular flexibility index (Phi) is 5.02. The maximum absolute atomic E-state index is 13.4. The molecule has 9 heteroatoms. The minimum absolute atomic E-state index is 0.0473. The van der Waals surface area contributed by atoms with Crippen molar-refractivity contribution in [1.29, 1.82) is 0 Å². The highest BCUT2D eigenvalue weighted by molar-refractivity contribution is 7.92. The highest BCUT2D eigenvalue weighted by atomic mass is 32.2. The molecule has 1 N–H and O–H groups in total. The number of aromatic nitrogens is 1. The first-order chi connectivity index (χ1) is 15.3. The Labute approximate surface area is 189 Å². The number of carbonyl (C=O) groups excluding carboxylic acids is 1. The second-order valence-electron chi connectivity index (χ2n) is 7.74. The van der Waals surface area contributed by atoms with Gasteiger partial charge >= 0.3 is 0 Å². The lowest BCUT2D eigenvalue weighted by Crippen LogP contribution is -2.35. The van der Waals surface area contributed by atoms with Crippen molar-refractivity contribution in [2.24, 2.45) is 0 Å². The third-order valence-corrected chi connectivity index (χ3v) is 8.24. The van der Waals surface area contributed by atoms with Crippen LogP contribution in [0, 0.1) is 6.92 Å². The Bertz CT molecular complexity index is 1420.